The highest BCUT2D eigenvalue weighted by Gasteiger charge is 2.34. The van der Waals surface area contributed by atoms with E-state index in [0.717, 1.165) is 36.8 Å². The van der Waals surface area contributed by atoms with Gasteiger partial charge in [-0.05, 0) is 50.7 Å². The van der Waals surface area contributed by atoms with Crippen molar-refractivity contribution in [3.63, 3.8) is 0 Å². The second kappa shape index (κ2) is 7.49. The SMILES string of the molecule is CCc1cc(N2Cc3ccccc3CC2(C)C)nc(NC2CCCCC2)n1. The van der Waals surface area contributed by atoms with E-state index in [1.807, 2.05) is 0 Å². The summed E-state index contributed by atoms with van der Waals surface area (Å²) in [6.45, 7) is 7.73. The Labute approximate surface area is 163 Å². The molecule has 1 N–H and O–H groups in total. The fraction of sp³-hybridized carbons (Fsp3) is 0.565. The predicted octanol–water partition coefficient (Wildman–Crippen LogP) is 5.12. The third-order valence-corrected chi connectivity index (χ3v) is 6.14. The van der Waals surface area contributed by atoms with Gasteiger partial charge in [0.2, 0.25) is 5.95 Å². The fourth-order valence-electron chi connectivity index (χ4n) is 4.52. The normalized spacial score (nSPS) is 19.6. The largest absolute Gasteiger partial charge is 0.351 e. The fourth-order valence-corrected chi connectivity index (χ4v) is 4.52. The molecular weight excluding hydrogens is 332 g/mol. The van der Waals surface area contributed by atoms with Crippen molar-refractivity contribution < 1.29 is 0 Å². The maximum Gasteiger partial charge on any atom is 0.225 e. The molecule has 4 heteroatoms. The van der Waals surface area contributed by atoms with Gasteiger partial charge < -0.3 is 10.2 Å². The van der Waals surface area contributed by atoms with Crippen LogP contribution in [-0.2, 0) is 19.4 Å². The minimum absolute atomic E-state index is 0.0375. The van der Waals surface area contributed by atoms with Gasteiger partial charge in [0.1, 0.15) is 5.82 Å². The molecule has 1 aromatic heterocycles. The maximum atomic E-state index is 4.97. The number of fused-ring (bicyclic) bond motifs is 1. The Balaban J connectivity index is 1.64. The van der Waals surface area contributed by atoms with Crippen LogP contribution < -0.4 is 10.2 Å². The molecule has 4 rings (SSSR count). The van der Waals surface area contributed by atoms with Crippen LogP contribution in [0.5, 0.6) is 0 Å². The Hall–Kier alpha value is -2.10. The van der Waals surface area contributed by atoms with Crippen molar-refractivity contribution in [3.05, 3.63) is 47.2 Å². The Kier molecular flexibility index (Phi) is 5.07. The lowest BCUT2D eigenvalue weighted by atomic mass is 9.85. The summed E-state index contributed by atoms with van der Waals surface area (Å²) in [5, 5.41) is 3.63. The molecule has 2 aliphatic rings. The van der Waals surface area contributed by atoms with Gasteiger partial charge in [-0.25, -0.2) is 4.98 Å². The van der Waals surface area contributed by atoms with Crippen LogP contribution in [-0.4, -0.2) is 21.5 Å². The van der Waals surface area contributed by atoms with E-state index in [0.29, 0.717) is 6.04 Å². The van der Waals surface area contributed by atoms with Crippen molar-refractivity contribution in [1.82, 2.24) is 9.97 Å². The molecular formula is C23H32N4. The molecule has 0 amide bonds. The first-order valence-electron chi connectivity index (χ1n) is 10.5. The van der Waals surface area contributed by atoms with Gasteiger partial charge in [0.25, 0.3) is 0 Å². The van der Waals surface area contributed by atoms with Gasteiger partial charge in [0, 0.05) is 29.9 Å². The first-order valence-corrected chi connectivity index (χ1v) is 10.5. The molecule has 0 bridgehead atoms. The molecule has 2 aromatic rings. The van der Waals surface area contributed by atoms with Crippen LogP contribution in [0.4, 0.5) is 11.8 Å². The number of hydrogen-bond donors (Lipinski definition) is 1. The van der Waals surface area contributed by atoms with Crippen molar-refractivity contribution in [2.45, 2.75) is 83.8 Å². The number of hydrogen-bond acceptors (Lipinski definition) is 4. The third-order valence-electron chi connectivity index (χ3n) is 6.14. The summed E-state index contributed by atoms with van der Waals surface area (Å²) in [6, 6.07) is 11.5. The number of rotatable bonds is 4. The average Bonchev–Trinajstić information content (AvgIpc) is 2.67. The van der Waals surface area contributed by atoms with Crippen LogP contribution in [0.15, 0.2) is 30.3 Å². The van der Waals surface area contributed by atoms with Crippen LogP contribution in [0.25, 0.3) is 0 Å². The standard InChI is InChI=1S/C23H32N4/c1-4-19-14-21(26-22(24-19)25-20-12-6-5-7-13-20)27-16-18-11-9-8-10-17(18)15-23(27,2)3/h8-11,14,20H,4-7,12-13,15-16H2,1-3H3,(H,24,25,26). The van der Waals surface area contributed by atoms with Gasteiger partial charge in [-0.15, -0.1) is 0 Å². The number of benzene rings is 1. The highest BCUT2D eigenvalue weighted by atomic mass is 15.3. The van der Waals surface area contributed by atoms with Crippen LogP contribution in [0.2, 0.25) is 0 Å². The van der Waals surface area contributed by atoms with Crippen molar-refractivity contribution in [3.8, 4) is 0 Å². The Morgan fingerprint density at radius 3 is 2.56 bits per heavy atom. The van der Waals surface area contributed by atoms with Crippen LogP contribution in [0.1, 0.15) is 69.7 Å². The van der Waals surface area contributed by atoms with E-state index in [2.05, 4.69) is 61.3 Å². The number of aromatic nitrogens is 2. The molecule has 4 nitrogen and oxygen atoms in total. The Bertz CT molecular complexity index is 793. The molecule has 0 spiro atoms. The van der Waals surface area contributed by atoms with Crippen molar-refractivity contribution in [1.29, 1.82) is 0 Å². The lowest BCUT2D eigenvalue weighted by molar-refractivity contribution is 0.427. The third kappa shape index (κ3) is 3.95. The van der Waals surface area contributed by atoms with Crippen LogP contribution in [0, 0.1) is 0 Å². The molecule has 0 saturated heterocycles. The second-order valence-corrected chi connectivity index (χ2v) is 8.72. The summed E-state index contributed by atoms with van der Waals surface area (Å²) in [5.74, 6) is 1.87. The van der Waals surface area contributed by atoms with Crippen LogP contribution >= 0.6 is 0 Å². The Morgan fingerprint density at radius 2 is 1.81 bits per heavy atom. The van der Waals surface area contributed by atoms with Gasteiger partial charge >= 0.3 is 0 Å². The summed E-state index contributed by atoms with van der Waals surface area (Å²) in [7, 11) is 0. The minimum Gasteiger partial charge on any atom is -0.351 e. The first kappa shape index (κ1) is 18.3. The monoisotopic (exact) mass is 364 g/mol. The Morgan fingerprint density at radius 1 is 1.07 bits per heavy atom. The molecule has 27 heavy (non-hydrogen) atoms. The zero-order valence-electron chi connectivity index (χ0n) is 17.0. The van der Waals surface area contributed by atoms with E-state index < -0.39 is 0 Å². The summed E-state index contributed by atoms with van der Waals surface area (Å²) in [5.41, 5.74) is 4.03. The maximum absolute atomic E-state index is 4.97. The smallest absolute Gasteiger partial charge is 0.225 e. The molecule has 1 aromatic carbocycles. The van der Waals surface area contributed by atoms with E-state index in [9.17, 15) is 0 Å². The van der Waals surface area contributed by atoms with Gasteiger partial charge in [0.05, 0.1) is 0 Å². The summed E-state index contributed by atoms with van der Waals surface area (Å²) < 4.78 is 0. The number of aryl methyl sites for hydroxylation is 1. The molecule has 0 atom stereocenters. The molecule has 1 aliphatic carbocycles. The van der Waals surface area contributed by atoms with Gasteiger partial charge in [-0.2, -0.15) is 4.98 Å². The molecule has 2 heterocycles. The molecule has 0 unspecified atom stereocenters. The minimum atomic E-state index is 0.0375. The number of nitrogens with one attached hydrogen (secondary N) is 1. The highest BCUT2D eigenvalue weighted by molar-refractivity contribution is 5.51. The highest BCUT2D eigenvalue weighted by Crippen LogP contribution is 2.34. The molecule has 1 saturated carbocycles. The van der Waals surface area contributed by atoms with E-state index in [1.165, 1.54) is 43.2 Å². The second-order valence-electron chi connectivity index (χ2n) is 8.72. The summed E-state index contributed by atoms with van der Waals surface area (Å²) >= 11 is 0. The van der Waals surface area contributed by atoms with Crippen molar-refractivity contribution in [2.24, 2.45) is 0 Å². The summed E-state index contributed by atoms with van der Waals surface area (Å²) in [6.07, 6.45) is 8.43. The van der Waals surface area contributed by atoms with Crippen LogP contribution in [0.3, 0.4) is 0 Å². The lowest BCUT2D eigenvalue weighted by Gasteiger charge is -2.44. The molecule has 144 valence electrons. The summed E-state index contributed by atoms with van der Waals surface area (Å²) in [4.78, 5) is 12.2. The predicted molar refractivity (Wildman–Crippen MR) is 112 cm³/mol. The van der Waals surface area contributed by atoms with E-state index in [-0.39, 0.29) is 5.54 Å². The molecule has 1 aliphatic heterocycles. The average molecular weight is 365 g/mol. The van der Waals surface area contributed by atoms with Gasteiger partial charge in [-0.1, -0.05) is 50.5 Å². The zero-order chi connectivity index (χ0) is 18.9. The quantitative estimate of drug-likeness (QED) is 0.817. The van der Waals surface area contributed by atoms with E-state index in [1.54, 1.807) is 0 Å². The van der Waals surface area contributed by atoms with Gasteiger partial charge in [0.15, 0.2) is 0 Å². The zero-order valence-corrected chi connectivity index (χ0v) is 17.0. The van der Waals surface area contributed by atoms with E-state index in [4.69, 9.17) is 9.97 Å². The number of nitrogens with zero attached hydrogens (tertiary/aromatic N) is 3. The molecule has 1 fully saturated rings. The molecule has 0 radical (unpaired) electrons. The lowest BCUT2D eigenvalue weighted by Crippen LogP contribution is -2.49. The van der Waals surface area contributed by atoms with Crippen molar-refractivity contribution in [2.75, 3.05) is 10.2 Å². The first-order chi connectivity index (χ1) is 13.0. The van der Waals surface area contributed by atoms with E-state index >= 15 is 0 Å². The topological polar surface area (TPSA) is 41.1 Å². The van der Waals surface area contributed by atoms with Gasteiger partial charge in [-0.3, -0.25) is 0 Å². The van der Waals surface area contributed by atoms with Crippen molar-refractivity contribution >= 4 is 11.8 Å². The number of anilines is 2.